The molecule has 1 aromatic carbocycles. The molecule has 170 valence electrons. The summed E-state index contributed by atoms with van der Waals surface area (Å²) in [5.74, 6) is 0.550. The summed E-state index contributed by atoms with van der Waals surface area (Å²) in [4.78, 5) is 21.2. The molecule has 3 N–H and O–H groups in total. The van der Waals surface area contributed by atoms with Crippen LogP contribution in [0.2, 0.25) is 0 Å². The highest BCUT2D eigenvalue weighted by molar-refractivity contribution is 14.0. The van der Waals surface area contributed by atoms with Gasteiger partial charge in [0.05, 0.1) is 6.54 Å². The van der Waals surface area contributed by atoms with Crippen molar-refractivity contribution in [2.75, 3.05) is 50.7 Å². The van der Waals surface area contributed by atoms with Gasteiger partial charge in [-0.25, -0.2) is 4.99 Å². The molecule has 7 nitrogen and oxygen atoms in total. The van der Waals surface area contributed by atoms with E-state index in [2.05, 4.69) is 32.7 Å². The zero-order valence-electron chi connectivity index (χ0n) is 18.1. The second-order valence-corrected chi connectivity index (χ2v) is 8.32. The third kappa shape index (κ3) is 7.36. The van der Waals surface area contributed by atoms with E-state index in [-0.39, 0.29) is 36.4 Å². The molecule has 1 amide bonds. The Hall–Kier alpha value is -1.85. The number of para-hydroxylation sites is 1. The van der Waals surface area contributed by atoms with Gasteiger partial charge in [-0.05, 0) is 48.4 Å². The number of benzene rings is 1. The molecule has 1 saturated heterocycles. The molecule has 2 aromatic rings. The molecular formula is C22H32IN5O2S. The SMILES string of the molecule is CCNC(=NCC(=O)N1CCN(c2ccccc2)CC1)NCC(C)(O)c1ccsc1.I. The molecule has 1 fully saturated rings. The molecule has 2 heterocycles. The van der Waals surface area contributed by atoms with Crippen molar-refractivity contribution in [1.29, 1.82) is 0 Å². The van der Waals surface area contributed by atoms with Crippen LogP contribution in [0.4, 0.5) is 5.69 Å². The summed E-state index contributed by atoms with van der Waals surface area (Å²) in [6.45, 7) is 7.84. The third-order valence-corrected chi connectivity index (χ3v) is 5.90. The van der Waals surface area contributed by atoms with E-state index in [1.807, 2.05) is 46.8 Å². The maximum Gasteiger partial charge on any atom is 0.244 e. The predicted molar refractivity (Wildman–Crippen MR) is 139 cm³/mol. The number of guanidine groups is 1. The number of hydrogen-bond donors (Lipinski definition) is 3. The fraction of sp³-hybridized carbons (Fsp3) is 0.455. The molecule has 1 aliphatic rings. The number of halogens is 1. The van der Waals surface area contributed by atoms with Gasteiger partial charge < -0.3 is 25.5 Å². The van der Waals surface area contributed by atoms with Crippen molar-refractivity contribution in [2.45, 2.75) is 19.4 Å². The molecule has 9 heteroatoms. The first-order valence-electron chi connectivity index (χ1n) is 10.3. The highest BCUT2D eigenvalue weighted by Gasteiger charge is 2.24. The monoisotopic (exact) mass is 557 g/mol. The molecule has 31 heavy (non-hydrogen) atoms. The number of thiophene rings is 1. The number of hydrogen-bond acceptors (Lipinski definition) is 5. The number of piperazine rings is 1. The van der Waals surface area contributed by atoms with Gasteiger partial charge in [-0.15, -0.1) is 24.0 Å². The lowest BCUT2D eigenvalue weighted by atomic mass is 9.99. The van der Waals surface area contributed by atoms with E-state index in [1.165, 1.54) is 5.69 Å². The molecule has 1 atom stereocenters. The largest absolute Gasteiger partial charge is 0.384 e. The van der Waals surface area contributed by atoms with Crippen LogP contribution in [0.15, 0.2) is 52.2 Å². The summed E-state index contributed by atoms with van der Waals surface area (Å²) >= 11 is 1.55. The van der Waals surface area contributed by atoms with Gasteiger partial charge >= 0.3 is 0 Å². The molecular weight excluding hydrogens is 525 g/mol. The van der Waals surface area contributed by atoms with Crippen LogP contribution in [0.1, 0.15) is 19.4 Å². The van der Waals surface area contributed by atoms with Gasteiger partial charge in [0.2, 0.25) is 5.91 Å². The van der Waals surface area contributed by atoms with Gasteiger partial charge in [-0.3, -0.25) is 4.79 Å². The fourth-order valence-corrected chi connectivity index (χ4v) is 4.15. The minimum atomic E-state index is -1.01. The van der Waals surface area contributed by atoms with Crippen molar-refractivity contribution < 1.29 is 9.90 Å². The van der Waals surface area contributed by atoms with Crippen molar-refractivity contribution in [2.24, 2.45) is 4.99 Å². The van der Waals surface area contributed by atoms with Crippen molar-refractivity contribution in [3.63, 3.8) is 0 Å². The van der Waals surface area contributed by atoms with E-state index in [1.54, 1.807) is 18.3 Å². The molecule has 0 saturated carbocycles. The van der Waals surface area contributed by atoms with Crippen LogP contribution in [0, 0.1) is 0 Å². The molecule has 0 aliphatic carbocycles. The summed E-state index contributed by atoms with van der Waals surface area (Å²) in [6, 6.07) is 12.2. The first-order valence-corrected chi connectivity index (χ1v) is 11.3. The minimum Gasteiger partial charge on any atom is -0.384 e. The van der Waals surface area contributed by atoms with E-state index in [9.17, 15) is 9.90 Å². The summed E-state index contributed by atoms with van der Waals surface area (Å²) in [5.41, 5.74) is 1.05. The summed E-state index contributed by atoms with van der Waals surface area (Å²) in [6.07, 6.45) is 0. The fourth-order valence-electron chi connectivity index (χ4n) is 3.37. The van der Waals surface area contributed by atoms with Crippen LogP contribution < -0.4 is 15.5 Å². The molecule has 1 unspecified atom stereocenters. The van der Waals surface area contributed by atoms with Gasteiger partial charge in [0, 0.05) is 38.4 Å². The standard InChI is InChI=1S/C22H31N5O2S.HI/c1-3-23-21(25-17-22(2,29)18-9-14-30-16-18)24-15-20(28)27-12-10-26(11-13-27)19-7-5-4-6-8-19;/h4-9,14,16,29H,3,10-13,15,17H2,1-2H3,(H2,23,24,25);1H. The number of amides is 1. The Balaban J connectivity index is 0.00000341. The Labute approximate surface area is 205 Å². The quantitative estimate of drug-likeness (QED) is 0.277. The number of nitrogens with one attached hydrogen (secondary N) is 2. The Kier molecular flexibility index (Phi) is 10.0. The van der Waals surface area contributed by atoms with Gasteiger partial charge in [0.25, 0.3) is 0 Å². The Morgan fingerprint density at radius 2 is 1.87 bits per heavy atom. The van der Waals surface area contributed by atoms with Crippen LogP contribution >= 0.6 is 35.3 Å². The predicted octanol–water partition coefficient (Wildman–Crippen LogP) is 2.48. The highest BCUT2D eigenvalue weighted by atomic mass is 127. The topological polar surface area (TPSA) is 80.2 Å². The zero-order valence-corrected chi connectivity index (χ0v) is 21.2. The van der Waals surface area contributed by atoms with Crippen LogP contribution in [0.3, 0.4) is 0 Å². The maximum atomic E-state index is 12.6. The van der Waals surface area contributed by atoms with Crippen molar-refractivity contribution in [1.82, 2.24) is 15.5 Å². The smallest absolute Gasteiger partial charge is 0.244 e. The van der Waals surface area contributed by atoms with Crippen LogP contribution in [-0.2, 0) is 10.4 Å². The summed E-state index contributed by atoms with van der Waals surface area (Å²) < 4.78 is 0. The number of anilines is 1. The Morgan fingerprint density at radius 1 is 1.16 bits per heavy atom. The molecule has 0 bridgehead atoms. The lowest BCUT2D eigenvalue weighted by molar-refractivity contribution is -0.129. The number of aliphatic imine (C=N–C) groups is 1. The minimum absolute atomic E-state index is 0. The van der Waals surface area contributed by atoms with Crippen LogP contribution in [-0.4, -0.2) is 67.7 Å². The van der Waals surface area contributed by atoms with Crippen LogP contribution in [0.25, 0.3) is 0 Å². The molecule has 0 radical (unpaired) electrons. The van der Waals surface area contributed by atoms with E-state index in [0.29, 0.717) is 32.1 Å². The van der Waals surface area contributed by atoms with Gasteiger partial charge in [0.1, 0.15) is 12.1 Å². The van der Waals surface area contributed by atoms with E-state index in [0.717, 1.165) is 18.7 Å². The lowest BCUT2D eigenvalue weighted by Crippen LogP contribution is -2.50. The number of nitrogens with zero attached hydrogens (tertiary/aromatic N) is 3. The van der Waals surface area contributed by atoms with Crippen molar-refractivity contribution in [3.8, 4) is 0 Å². The number of carbonyl (C=O) groups is 1. The Bertz CT molecular complexity index is 822. The number of carbonyl (C=O) groups excluding carboxylic acids is 1. The lowest BCUT2D eigenvalue weighted by Gasteiger charge is -2.36. The molecule has 1 aliphatic heterocycles. The van der Waals surface area contributed by atoms with E-state index >= 15 is 0 Å². The average molecular weight is 558 g/mol. The number of rotatable bonds is 7. The highest BCUT2D eigenvalue weighted by Crippen LogP contribution is 2.22. The number of aliphatic hydroxyl groups is 1. The normalized spacial score (nSPS) is 16.3. The van der Waals surface area contributed by atoms with Crippen molar-refractivity contribution >= 4 is 52.9 Å². The summed E-state index contributed by atoms with van der Waals surface area (Å²) in [7, 11) is 0. The zero-order chi connectivity index (χ0) is 21.4. The molecule has 3 rings (SSSR count). The second kappa shape index (κ2) is 12.3. The van der Waals surface area contributed by atoms with Gasteiger partial charge in [-0.1, -0.05) is 18.2 Å². The van der Waals surface area contributed by atoms with Gasteiger partial charge in [0.15, 0.2) is 5.96 Å². The third-order valence-electron chi connectivity index (χ3n) is 5.21. The Morgan fingerprint density at radius 3 is 2.48 bits per heavy atom. The van der Waals surface area contributed by atoms with E-state index < -0.39 is 5.60 Å². The van der Waals surface area contributed by atoms with Crippen molar-refractivity contribution in [3.05, 3.63) is 52.7 Å². The average Bonchev–Trinajstić information content (AvgIpc) is 3.32. The molecule has 0 spiro atoms. The first-order chi connectivity index (χ1) is 14.5. The van der Waals surface area contributed by atoms with E-state index in [4.69, 9.17) is 0 Å². The molecule has 1 aromatic heterocycles. The summed E-state index contributed by atoms with van der Waals surface area (Å²) in [5, 5.41) is 20.8. The first kappa shape index (κ1) is 25.4. The maximum absolute atomic E-state index is 12.6. The second-order valence-electron chi connectivity index (χ2n) is 7.54. The van der Waals surface area contributed by atoms with Crippen LogP contribution in [0.5, 0.6) is 0 Å². The van der Waals surface area contributed by atoms with Gasteiger partial charge in [-0.2, -0.15) is 11.3 Å².